The summed E-state index contributed by atoms with van der Waals surface area (Å²) in [6.07, 6.45) is 3.03. The van der Waals surface area contributed by atoms with Crippen LogP contribution in [0, 0.1) is 5.92 Å². The first-order chi connectivity index (χ1) is 10.7. The summed E-state index contributed by atoms with van der Waals surface area (Å²) in [5.41, 5.74) is 1.24. The molecule has 1 heterocycles. The summed E-state index contributed by atoms with van der Waals surface area (Å²) in [7, 11) is 1.49. The van der Waals surface area contributed by atoms with Crippen molar-refractivity contribution in [3.63, 3.8) is 0 Å². The molecule has 0 radical (unpaired) electrons. The molecular formula is C17H23ClN2O2. The fourth-order valence-electron chi connectivity index (χ4n) is 3.67. The summed E-state index contributed by atoms with van der Waals surface area (Å²) in [6.45, 7) is 4.17. The zero-order valence-corrected chi connectivity index (χ0v) is 13.8. The van der Waals surface area contributed by atoms with Gasteiger partial charge in [-0.3, -0.25) is 9.69 Å². The Bertz CT molecular complexity index is 512. The van der Waals surface area contributed by atoms with Crippen LogP contribution in [0.1, 0.15) is 19.3 Å². The number of esters is 1. The van der Waals surface area contributed by atoms with Crippen molar-refractivity contribution < 1.29 is 9.53 Å². The van der Waals surface area contributed by atoms with Crippen LogP contribution >= 0.6 is 11.6 Å². The first-order valence-electron chi connectivity index (χ1n) is 8.00. The Morgan fingerprint density at radius 2 is 1.82 bits per heavy atom. The Morgan fingerprint density at radius 3 is 2.45 bits per heavy atom. The fourth-order valence-corrected chi connectivity index (χ4v) is 3.79. The number of carbonyl (C=O) groups is 1. The van der Waals surface area contributed by atoms with E-state index in [1.807, 2.05) is 12.1 Å². The lowest BCUT2D eigenvalue weighted by Crippen LogP contribution is -2.49. The van der Waals surface area contributed by atoms with E-state index in [1.165, 1.54) is 12.8 Å². The molecule has 1 aromatic carbocycles. The van der Waals surface area contributed by atoms with Gasteiger partial charge in [-0.2, -0.15) is 0 Å². The molecule has 2 fully saturated rings. The van der Waals surface area contributed by atoms with Gasteiger partial charge in [-0.1, -0.05) is 11.6 Å². The highest BCUT2D eigenvalue weighted by atomic mass is 35.5. The highest BCUT2D eigenvalue weighted by Gasteiger charge is 2.34. The minimum atomic E-state index is -0.0395. The van der Waals surface area contributed by atoms with E-state index in [2.05, 4.69) is 21.9 Å². The third-order valence-electron chi connectivity index (χ3n) is 4.96. The smallest absolute Gasteiger partial charge is 0.308 e. The Kier molecular flexibility index (Phi) is 4.89. The lowest BCUT2D eigenvalue weighted by atomic mass is 10.1. The normalized spacial score (nSPS) is 26.2. The Morgan fingerprint density at radius 1 is 1.14 bits per heavy atom. The maximum Gasteiger partial charge on any atom is 0.308 e. The third-order valence-corrected chi connectivity index (χ3v) is 5.21. The van der Waals surface area contributed by atoms with Crippen molar-refractivity contribution in [2.75, 3.05) is 38.2 Å². The second-order valence-electron chi connectivity index (χ2n) is 6.19. The number of benzene rings is 1. The van der Waals surface area contributed by atoms with Crippen LogP contribution in [0.15, 0.2) is 24.3 Å². The van der Waals surface area contributed by atoms with Gasteiger partial charge in [0, 0.05) is 42.9 Å². The molecule has 2 atom stereocenters. The van der Waals surface area contributed by atoms with E-state index in [-0.39, 0.29) is 11.9 Å². The first kappa shape index (κ1) is 15.6. The van der Waals surface area contributed by atoms with E-state index in [4.69, 9.17) is 16.3 Å². The fraction of sp³-hybridized carbons (Fsp3) is 0.588. The molecule has 0 bridgehead atoms. The second kappa shape index (κ2) is 6.88. The molecule has 1 aliphatic carbocycles. The minimum absolute atomic E-state index is 0.0395. The molecule has 4 nitrogen and oxygen atoms in total. The standard InChI is InChI=1S/C17H23ClN2O2/c1-22-17(21)13-2-5-16(12-13)20-10-8-19(9-11-20)15-6-3-14(18)4-7-15/h3-4,6-7,13,16H,2,5,8-12H2,1H3/t13-,16+/m1/s1. The number of anilines is 1. The summed E-state index contributed by atoms with van der Waals surface area (Å²) in [6, 6.07) is 8.60. The predicted molar refractivity (Wildman–Crippen MR) is 88.4 cm³/mol. The SMILES string of the molecule is COC(=O)[C@@H]1CC[C@H](N2CCN(c3ccc(Cl)cc3)CC2)C1. The minimum Gasteiger partial charge on any atom is -0.469 e. The van der Waals surface area contributed by atoms with Crippen LogP contribution in [0.3, 0.4) is 0 Å². The largest absolute Gasteiger partial charge is 0.469 e. The highest BCUT2D eigenvalue weighted by Crippen LogP contribution is 2.31. The van der Waals surface area contributed by atoms with Crippen molar-refractivity contribution in [1.82, 2.24) is 4.90 Å². The maximum absolute atomic E-state index is 11.6. The first-order valence-corrected chi connectivity index (χ1v) is 8.37. The molecule has 1 aromatic rings. The summed E-state index contributed by atoms with van der Waals surface area (Å²) in [5, 5.41) is 0.780. The molecule has 120 valence electrons. The Balaban J connectivity index is 1.52. The van der Waals surface area contributed by atoms with Crippen molar-refractivity contribution in [3.8, 4) is 0 Å². The third kappa shape index (κ3) is 3.39. The predicted octanol–water partition coefficient (Wildman–Crippen LogP) is 2.80. The van der Waals surface area contributed by atoms with E-state index in [1.54, 1.807) is 0 Å². The monoisotopic (exact) mass is 322 g/mol. The van der Waals surface area contributed by atoms with Gasteiger partial charge < -0.3 is 9.64 Å². The second-order valence-corrected chi connectivity index (χ2v) is 6.62. The zero-order valence-electron chi connectivity index (χ0n) is 13.0. The van der Waals surface area contributed by atoms with Gasteiger partial charge >= 0.3 is 5.97 Å². The van der Waals surface area contributed by atoms with Crippen LogP contribution in [-0.2, 0) is 9.53 Å². The van der Waals surface area contributed by atoms with Crippen LogP contribution in [0.5, 0.6) is 0 Å². The molecule has 3 rings (SSSR count). The van der Waals surface area contributed by atoms with Crippen molar-refractivity contribution >= 4 is 23.3 Å². The van der Waals surface area contributed by atoms with Crippen molar-refractivity contribution in [1.29, 1.82) is 0 Å². The van der Waals surface area contributed by atoms with Crippen LogP contribution in [0.25, 0.3) is 0 Å². The molecule has 0 amide bonds. The molecule has 5 heteroatoms. The van der Waals surface area contributed by atoms with Crippen LogP contribution in [-0.4, -0.2) is 50.2 Å². The van der Waals surface area contributed by atoms with Crippen LogP contribution in [0.4, 0.5) is 5.69 Å². The van der Waals surface area contributed by atoms with Gasteiger partial charge in [0.15, 0.2) is 0 Å². The quantitative estimate of drug-likeness (QED) is 0.801. The average Bonchev–Trinajstić information content (AvgIpc) is 3.05. The van der Waals surface area contributed by atoms with Crippen molar-refractivity contribution in [2.24, 2.45) is 5.92 Å². The molecule has 2 aliphatic rings. The average molecular weight is 323 g/mol. The molecule has 0 unspecified atom stereocenters. The number of hydrogen-bond donors (Lipinski definition) is 0. The number of piperazine rings is 1. The van der Waals surface area contributed by atoms with E-state index in [9.17, 15) is 4.79 Å². The molecule has 1 aliphatic heterocycles. The van der Waals surface area contributed by atoms with Gasteiger partial charge in [-0.25, -0.2) is 0 Å². The number of methoxy groups -OCH3 is 1. The van der Waals surface area contributed by atoms with E-state index < -0.39 is 0 Å². The molecular weight excluding hydrogens is 300 g/mol. The summed E-state index contributed by atoms with van der Waals surface area (Å²) in [5.74, 6) is 0.0617. The van der Waals surface area contributed by atoms with Gasteiger partial charge in [0.2, 0.25) is 0 Å². The molecule has 22 heavy (non-hydrogen) atoms. The number of ether oxygens (including phenoxy) is 1. The highest BCUT2D eigenvalue weighted by molar-refractivity contribution is 6.30. The van der Waals surface area contributed by atoms with Crippen molar-refractivity contribution in [2.45, 2.75) is 25.3 Å². The van der Waals surface area contributed by atoms with E-state index in [0.717, 1.165) is 50.5 Å². The Hall–Kier alpha value is -1.26. The summed E-state index contributed by atoms with van der Waals surface area (Å²) in [4.78, 5) is 16.6. The van der Waals surface area contributed by atoms with Gasteiger partial charge in [-0.15, -0.1) is 0 Å². The van der Waals surface area contributed by atoms with Crippen LogP contribution in [0.2, 0.25) is 5.02 Å². The summed E-state index contributed by atoms with van der Waals surface area (Å²) < 4.78 is 4.88. The number of halogens is 1. The number of hydrogen-bond acceptors (Lipinski definition) is 4. The van der Waals surface area contributed by atoms with Gasteiger partial charge in [0.25, 0.3) is 0 Å². The zero-order chi connectivity index (χ0) is 15.5. The maximum atomic E-state index is 11.6. The molecule has 0 aromatic heterocycles. The Labute approximate surface area is 137 Å². The molecule has 1 saturated carbocycles. The number of carbonyl (C=O) groups excluding carboxylic acids is 1. The van der Waals surface area contributed by atoms with Gasteiger partial charge in [0.1, 0.15) is 0 Å². The van der Waals surface area contributed by atoms with E-state index in [0.29, 0.717) is 6.04 Å². The molecule has 0 spiro atoms. The number of rotatable bonds is 3. The summed E-state index contributed by atoms with van der Waals surface area (Å²) >= 11 is 5.95. The lowest BCUT2D eigenvalue weighted by molar-refractivity contribution is -0.145. The van der Waals surface area contributed by atoms with Gasteiger partial charge in [-0.05, 0) is 43.5 Å². The van der Waals surface area contributed by atoms with E-state index >= 15 is 0 Å². The van der Waals surface area contributed by atoms with Crippen LogP contribution < -0.4 is 4.90 Å². The topological polar surface area (TPSA) is 32.8 Å². The molecule has 0 N–H and O–H groups in total. The molecule has 1 saturated heterocycles. The number of nitrogens with zero attached hydrogens (tertiary/aromatic N) is 2. The lowest BCUT2D eigenvalue weighted by Gasteiger charge is -2.39. The van der Waals surface area contributed by atoms with Crippen molar-refractivity contribution in [3.05, 3.63) is 29.3 Å². The van der Waals surface area contributed by atoms with Gasteiger partial charge in [0.05, 0.1) is 13.0 Å².